The lowest BCUT2D eigenvalue weighted by atomic mass is 10.00. The third-order valence-corrected chi connectivity index (χ3v) is 12.2. The number of aromatic nitrogens is 5. The lowest BCUT2D eigenvalue weighted by molar-refractivity contribution is 1.06. The zero-order valence-electron chi connectivity index (χ0n) is 35.7. The molecular formula is C57H39N7. The van der Waals surface area contributed by atoms with E-state index in [1.165, 1.54) is 22.3 Å². The summed E-state index contributed by atoms with van der Waals surface area (Å²) in [5, 5.41) is 24.8. The van der Waals surface area contributed by atoms with Crippen molar-refractivity contribution < 1.29 is 0 Å². The lowest BCUT2D eigenvalue weighted by Gasteiger charge is -2.18. The molecule has 0 N–H and O–H groups in total. The van der Waals surface area contributed by atoms with Crippen molar-refractivity contribution in [1.29, 1.82) is 10.5 Å². The van der Waals surface area contributed by atoms with Crippen LogP contribution in [-0.2, 0) is 0 Å². The molecule has 0 atom stereocenters. The second-order valence-corrected chi connectivity index (χ2v) is 16.7. The molecule has 0 aliphatic rings. The summed E-state index contributed by atoms with van der Waals surface area (Å²) >= 11 is 0. The Labute approximate surface area is 370 Å². The fraction of sp³-hybridized carbons (Fsp3) is 0.0702. The first-order valence-electron chi connectivity index (χ1n) is 21.3. The summed E-state index contributed by atoms with van der Waals surface area (Å²) in [6.45, 7) is 8.48. The number of fused-ring (bicyclic) bond motifs is 6. The van der Waals surface area contributed by atoms with Gasteiger partial charge in [0.05, 0.1) is 56.7 Å². The van der Waals surface area contributed by atoms with Crippen molar-refractivity contribution >= 4 is 43.6 Å². The van der Waals surface area contributed by atoms with Crippen LogP contribution in [0.5, 0.6) is 0 Å². The quantitative estimate of drug-likeness (QED) is 0.166. The fourth-order valence-electron chi connectivity index (χ4n) is 9.18. The van der Waals surface area contributed by atoms with Crippen molar-refractivity contribution in [3.63, 3.8) is 0 Å². The van der Waals surface area contributed by atoms with Crippen molar-refractivity contribution in [3.05, 3.63) is 197 Å². The van der Waals surface area contributed by atoms with Gasteiger partial charge in [-0.3, -0.25) is 0 Å². The summed E-state index contributed by atoms with van der Waals surface area (Å²) in [6, 6.07) is 60.8. The SMILES string of the molecule is Cc1ccc2c(c1)c1cc(C)ccc1n2-c1cc(C#N)ccc1-c1nc(-c2ccccc2)nc(-c2ccc(-c3cccc(C#N)c3)cc2-n2c3ccc(C)cc3c3cc(C)ccc32)n1. The van der Waals surface area contributed by atoms with Crippen LogP contribution in [0.25, 0.3) is 100 Å². The average Bonchev–Trinajstić information content (AvgIpc) is 3.81. The van der Waals surface area contributed by atoms with E-state index in [0.717, 1.165) is 82.8 Å². The lowest BCUT2D eigenvalue weighted by Crippen LogP contribution is -2.06. The molecule has 0 saturated carbocycles. The Morgan fingerprint density at radius 1 is 0.359 bits per heavy atom. The molecule has 3 aromatic heterocycles. The van der Waals surface area contributed by atoms with Gasteiger partial charge in [-0.2, -0.15) is 10.5 Å². The highest BCUT2D eigenvalue weighted by Gasteiger charge is 2.23. The van der Waals surface area contributed by atoms with Gasteiger partial charge in [0.1, 0.15) is 0 Å². The summed E-state index contributed by atoms with van der Waals surface area (Å²) in [5.74, 6) is 1.49. The van der Waals surface area contributed by atoms with Gasteiger partial charge < -0.3 is 9.13 Å². The summed E-state index contributed by atoms with van der Waals surface area (Å²) in [5.41, 5.74) is 15.9. The number of nitriles is 2. The van der Waals surface area contributed by atoms with Gasteiger partial charge >= 0.3 is 0 Å². The van der Waals surface area contributed by atoms with Crippen LogP contribution in [0.4, 0.5) is 0 Å². The van der Waals surface area contributed by atoms with Crippen LogP contribution >= 0.6 is 0 Å². The second-order valence-electron chi connectivity index (χ2n) is 16.7. The minimum atomic E-state index is 0.475. The average molecular weight is 822 g/mol. The van der Waals surface area contributed by atoms with Crippen LogP contribution in [0, 0.1) is 50.4 Å². The highest BCUT2D eigenvalue weighted by molar-refractivity contribution is 6.11. The molecule has 0 radical (unpaired) electrons. The molecule has 0 spiro atoms. The Bertz CT molecular complexity index is 3680. The molecule has 8 aromatic carbocycles. The number of nitrogens with zero attached hydrogens (tertiary/aromatic N) is 7. The van der Waals surface area contributed by atoms with E-state index in [4.69, 9.17) is 15.0 Å². The van der Waals surface area contributed by atoms with Crippen molar-refractivity contribution in [3.8, 4) is 68.8 Å². The van der Waals surface area contributed by atoms with Crippen molar-refractivity contribution in [2.75, 3.05) is 0 Å². The van der Waals surface area contributed by atoms with E-state index >= 15 is 0 Å². The Hall–Kier alpha value is -8.65. The van der Waals surface area contributed by atoms with Gasteiger partial charge in [0, 0.05) is 38.2 Å². The second kappa shape index (κ2) is 15.1. The van der Waals surface area contributed by atoms with Crippen LogP contribution in [0.2, 0.25) is 0 Å². The Morgan fingerprint density at radius 3 is 1.28 bits per heavy atom. The maximum Gasteiger partial charge on any atom is 0.166 e. The first-order valence-corrected chi connectivity index (χ1v) is 21.3. The minimum Gasteiger partial charge on any atom is -0.308 e. The van der Waals surface area contributed by atoms with Crippen LogP contribution in [-0.4, -0.2) is 24.1 Å². The molecule has 3 heterocycles. The summed E-state index contributed by atoms with van der Waals surface area (Å²) in [7, 11) is 0. The van der Waals surface area contributed by atoms with Gasteiger partial charge in [0.25, 0.3) is 0 Å². The maximum absolute atomic E-state index is 10.3. The molecule has 302 valence electrons. The number of benzene rings is 8. The molecule has 0 fully saturated rings. The van der Waals surface area contributed by atoms with Crippen LogP contribution in [0.3, 0.4) is 0 Å². The molecule has 0 bridgehead atoms. The third kappa shape index (κ3) is 6.38. The normalized spacial score (nSPS) is 11.4. The highest BCUT2D eigenvalue weighted by Crippen LogP contribution is 2.41. The van der Waals surface area contributed by atoms with Gasteiger partial charge in [-0.25, -0.2) is 15.0 Å². The molecule has 0 amide bonds. The minimum absolute atomic E-state index is 0.475. The number of rotatable bonds is 6. The molecule has 11 aromatic rings. The van der Waals surface area contributed by atoms with E-state index in [-0.39, 0.29) is 0 Å². The smallest absolute Gasteiger partial charge is 0.166 e. The first-order chi connectivity index (χ1) is 31.2. The number of hydrogen-bond donors (Lipinski definition) is 0. The standard InChI is InChI=1S/C57H39N7/c1-34-13-21-49-45(25-34)46-26-35(2)14-22-50(46)63(49)53-30-39(33-59)17-19-43(53)56-60-55(40-10-6-5-7-11-40)61-57(62-56)44-20-18-42(41-12-8-9-38(29-41)32-58)31-54(44)64-51-23-15-36(3)27-47(51)48-28-37(4)16-24-52(48)64/h5-31H,1-4H3. The molecular weight excluding hydrogens is 783 g/mol. The van der Waals surface area contributed by atoms with Crippen molar-refractivity contribution in [2.45, 2.75) is 27.7 Å². The van der Waals surface area contributed by atoms with Crippen LogP contribution in [0.1, 0.15) is 33.4 Å². The van der Waals surface area contributed by atoms with Crippen molar-refractivity contribution in [1.82, 2.24) is 24.1 Å². The van der Waals surface area contributed by atoms with E-state index in [0.29, 0.717) is 28.6 Å². The van der Waals surface area contributed by atoms with Gasteiger partial charge in [-0.05, 0) is 130 Å². The zero-order chi connectivity index (χ0) is 43.6. The largest absolute Gasteiger partial charge is 0.308 e. The number of aryl methyl sites for hydroxylation is 4. The van der Waals surface area contributed by atoms with Gasteiger partial charge in [0.2, 0.25) is 0 Å². The fourth-order valence-corrected chi connectivity index (χ4v) is 9.18. The van der Waals surface area contributed by atoms with Crippen molar-refractivity contribution in [2.24, 2.45) is 0 Å². The van der Waals surface area contributed by atoms with Crippen LogP contribution < -0.4 is 0 Å². The van der Waals surface area contributed by atoms with Gasteiger partial charge in [0.15, 0.2) is 17.5 Å². The van der Waals surface area contributed by atoms with Gasteiger partial charge in [-0.15, -0.1) is 0 Å². The third-order valence-electron chi connectivity index (χ3n) is 12.2. The molecule has 0 saturated heterocycles. The van der Waals surface area contributed by atoms with E-state index in [9.17, 15) is 10.5 Å². The van der Waals surface area contributed by atoms with E-state index in [1.807, 2.05) is 72.8 Å². The van der Waals surface area contributed by atoms with Gasteiger partial charge in [-0.1, -0.05) is 95.1 Å². The Morgan fingerprint density at radius 2 is 0.781 bits per heavy atom. The first kappa shape index (κ1) is 38.3. The predicted octanol–water partition coefficient (Wildman–Crippen LogP) is 13.7. The monoisotopic (exact) mass is 821 g/mol. The highest BCUT2D eigenvalue weighted by atomic mass is 15.1. The molecule has 0 aliphatic carbocycles. The summed E-state index contributed by atoms with van der Waals surface area (Å²) < 4.78 is 4.56. The van der Waals surface area contributed by atoms with E-state index < -0.39 is 0 Å². The molecule has 0 unspecified atom stereocenters. The summed E-state index contributed by atoms with van der Waals surface area (Å²) in [6.07, 6.45) is 0. The zero-order valence-corrected chi connectivity index (χ0v) is 35.7. The topological polar surface area (TPSA) is 96.1 Å². The molecule has 11 rings (SSSR count). The molecule has 7 nitrogen and oxygen atoms in total. The Balaban J connectivity index is 1.23. The molecule has 7 heteroatoms. The van der Waals surface area contributed by atoms with Crippen LogP contribution in [0.15, 0.2) is 164 Å². The Kier molecular flexibility index (Phi) is 9.01. The number of hydrogen-bond acceptors (Lipinski definition) is 5. The summed E-state index contributed by atoms with van der Waals surface area (Å²) in [4.78, 5) is 16.0. The molecule has 0 aliphatic heterocycles. The molecule has 64 heavy (non-hydrogen) atoms. The maximum atomic E-state index is 10.3. The predicted molar refractivity (Wildman–Crippen MR) is 259 cm³/mol. The van der Waals surface area contributed by atoms with E-state index in [2.05, 4.69) is 140 Å². The van der Waals surface area contributed by atoms with E-state index in [1.54, 1.807) is 0 Å².